The molecule has 0 spiro atoms. The van der Waals surface area contributed by atoms with Crippen molar-refractivity contribution in [3.63, 3.8) is 0 Å². The summed E-state index contributed by atoms with van der Waals surface area (Å²) in [6.07, 6.45) is 1.02. The van der Waals surface area contributed by atoms with E-state index >= 15 is 0 Å². The van der Waals surface area contributed by atoms with E-state index in [1.807, 2.05) is 0 Å². The summed E-state index contributed by atoms with van der Waals surface area (Å²) in [5, 5.41) is 9.50. The van der Waals surface area contributed by atoms with Crippen molar-refractivity contribution in [2.24, 2.45) is 21.5 Å². The fourth-order valence-corrected chi connectivity index (χ4v) is 0.942. The lowest BCUT2D eigenvalue weighted by atomic mass is 10.2. The molecule has 0 aliphatic heterocycles. The van der Waals surface area contributed by atoms with Gasteiger partial charge in [-0.05, 0) is 22.9 Å². The lowest BCUT2D eigenvalue weighted by Crippen LogP contribution is -2.06. The van der Waals surface area contributed by atoms with Crippen molar-refractivity contribution >= 4 is 0 Å². The van der Waals surface area contributed by atoms with E-state index in [0.717, 1.165) is 0 Å². The highest BCUT2D eigenvalue weighted by atomic mass is 16.7. The van der Waals surface area contributed by atoms with Gasteiger partial charge in [-0.15, -0.1) is 0 Å². The molecule has 2 N–H and O–H groups in total. The third-order valence-electron chi connectivity index (χ3n) is 1.55. The average molecular weight is 207 g/mol. The molecule has 15 heavy (non-hydrogen) atoms. The Morgan fingerprint density at radius 1 is 1.60 bits per heavy atom. The molecule has 1 unspecified atom stereocenters. The van der Waals surface area contributed by atoms with Crippen LogP contribution in [0.15, 0.2) is 40.0 Å². The molecular weight excluding hydrogens is 198 g/mol. The number of hydrogen-bond donors (Lipinski definition) is 1. The van der Waals surface area contributed by atoms with Crippen LogP contribution >= 0.6 is 0 Å². The summed E-state index contributed by atoms with van der Waals surface area (Å²) in [5.74, 6) is 4.79. The first-order valence-corrected chi connectivity index (χ1v) is 4.06. The molecule has 0 radical (unpaired) electrons. The van der Waals surface area contributed by atoms with Gasteiger partial charge in [-0.3, -0.25) is 4.98 Å². The topological polar surface area (TPSA) is 122 Å². The van der Waals surface area contributed by atoms with E-state index < -0.39 is 6.10 Å². The van der Waals surface area contributed by atoms with Crippen molar-refractivity contribution in [1.29, 1.82) is 0 Å². The van der Waals surface area contributed by atoms with E-state index in [-0.39, 0.29) is 6.54 Å². The van der Waals surface area contributed by atoms with Gasteiger partial charge in [0.15, 0.2) is 6.10 Å². The normalized spacial score (nSPS) is 12.0. The molecular formula is C7H9N7O. The van der Waals surface area contributed by atoms with E-state index in [1.54, 1.807) is 24.4 Å². The Labute approximate surface area is 85.3 Å². The monoisotopic (exact) mass is 207 g/mol. The van der Waals surface area contributed by atoms with Gasteiger partial charge in [0.1, 0.15) is 0 Å². The maximum absolute atomic E-state index is 8.19. The van der Waals surface area contributed by atoms with Gasteiger partial charge in [0.25, 0.3) is 0 Å². The fraction of sp³-hybridized carbons (Fsp3) is 0.286. The van der Waals surface area contributed by atoms with Crippen LogP contribution in [-0.4, -0.2) is 11.5 Å². The quantitative estimate of drug-likeness (QED) is 0.260. The third-order valence-corrected chi connectivity index (χ3v) is 1.55. The Balaban J connectivity index is 2.75. The predicted molar refractivity (Wildman–Crippen MR) is 51.1 cm³/mol. The first kappa shape index (κ1) is 10.7. The van der Waals surface area contributed by atoms with Crippen molar-refractivity contribution in [1.82, 2.24) is 4.98 Å². The van der Waals surface area contributed by atoms with E-state index in [4.69, 9.17) is 16.2 Å². The van der Waals surface area contributed by atoms with Crippen LogP contribution in [0.4, 0.5) is 0 Å². The van der Waals surface area contributed by atoms with Crippen molar-refractivity contribution in [3.8, 4) is 0 Å². The lowest BCUT2D eigenvalue weighted by molar-refractivity contribution is 0.0444. The standard InChI is InChI=1S/C7H9N7O/c8-12-11-5-7(15-14-13-9)6-3-1-2-4-10-6/h1-4,7H,5H2,(H2,9,14). The van der Waals surface area contributed by atoms with Crippen LogP contribution in [0.1, 0.15) is 11.8 Å². The molecule has 0 fully saturated rings. The molecule has 0 amide bonds. The Morgan fingerprint density at radius 2 is 2.47 bits per heavy atom. The highest BCUT2D eigenvalue weighted by Crippen LogP contribution is 2.15. The van der Waals surface area contributed by atoms with Gasteiger partial charge in [-0.25, -0.2) is 0 Å². The number of hydrogen-bond acceptors (Lipinski definition) is 5. The molecule has 0 bridgehead atoms. The van der Waals surface area contributed by atoms with Gasteiger partial charge in [0.2, 0.25) is 0 Å². The zero-order valence-corrected chi connectivity index (χ0v) is 7.76. The smallest absolute Gasteiger partial charge is 0.176 e. The molecule has 78 valence electrons. The van der Waals surface area contributed by atoms with Crippen LogP contribution in [0.3, 0.4) is 0 Å². The second-order valence-corrected chi connectivity index (χ2v) is 2.46. The van der Waals surface area contributed by atoms with Crippen LogP contribution in [0.25, 0.3) is 10.4 Å². The molecule has 8 nitrogen and oxygen atoms in total. The number of nitrogens with zero attached hydrogens (tertiary/aromatic N) is 6. The summed E-state index contributed by atoms with van der Waals surface area (Å²) in [6, 6.07) is 5.27. The average Bonchev–Trinajstić information content (AvgIpc) is 2.30. The number of nitrogens with two attached hydrogens (primary N) is 1. The predicted octanol–water partition coefficient (Wildman–Crippen LogP) is 1.69. The minimum absolute atomic E-state index is 0.0759. The minimum Gasteiger partial charge on any atom is -0.368 e. The molecule has 1 aromatic rings. The van der Waals surface area contributed by atoms with Crippen LogP contribution in [0.5, 0.6) is 0 Å². The van der Waals surface area contributed by atoms with Crippen LogP contribution in [0.2, 0.25) is 0 Å². The Bertz CT molecular complexity index is 359. The molecule has 1 atom stereocenters. The van der Waals surface area contributed by atoms with Crippen molar-refractivity contribution in [2.45, 2.75) is 6.10 Å². The highest BCUT2D eigenvalue weighted by Gasteiger charge is 2.12. The number of aromatic nitrogens is 1. The van der Waals surface area contributed by atoms with E-state index in [0.29, 0.717) is 5.69 Å². The second kappa shape index (κ2) is 6.17. The van der Waals surface area contributed by atoms with Gasteiger partial charge in [0.05, 0.1) is 12.2 Å². The van der Waals surface area contributed by atoms with Crippen molar-refractivity contribution in [3.05, 3.63) is 40.5 Å². The van der Waals surface area contributed by atoms with E-state index in [1.165, 1.54) is 0 Å². The Kier molecular flexibility index (Phi) is 4.41. The molecule has 1 aromatic heterocycles. The molecule has 0 saturated heterocycles. The maximum Gasteiger partial charge on any atom is 0.176 e. The molecule has 0 aromatic carbocycles. The molecule has 0 saturated carbocycles. The summed E-state index contributed by atoms with van der Waals surface area (Å²) in [4.78, 5) is 11.5. The summed E-state index contributed by atoms with van der Waals surface area (Å²) < 4.78 is 0. The zero-order chi connectivity index (χ0) is 10.9. The van der Waals surface area contributed by atoms with Gasteiger partial charge < -0.3 is 10.7 Å². The number of rotatable bonds is 5. The van der Waals surface area contributed by atoms with Crippen molar-refractivity contribution in [2.75, 3.05) is 6.54 Å². The first-order valence-electron chi connectivity index (χ1n) is 4.06. The molecule has 0 aliphatic rings. The van der Waals surface area contributed by atoms with E-state index in [9.17, 15) is 0 Å². The van der Waals surface area contributed by atoms with Crippen LogP contribution in [0, 0.1) is 0 Å². The summed E-state index contributed by atoms with van der Waals surface area (Å²) in [7, 11) is 0. The number of azide groups is 1. The molecule has 0 aliphatic carbocycles. The highest BCUT2D eigenvalue weighted by molar-refractivity contribution is 5.07. The largest absolute Gasteiger partial charge is 0.368 e. The van der Waals surface area contributed by atoms with Crippen LogP contribution in [-0.2, 0) is 4.84 Å². The van der Waals surface area contributed by atoms with E-state index in [2.05, 4.69) is 25.5 Å². The fourth-order valence-electron chi connectivity index (χ4n) is 0.942. The van der Waals surface area contributed by atoms with Gasteiger partial charge >= 0.3 is 0 Å². The Hall–Kier alpha value is -2.34. The van der Waals surface area contributed by atoms with Crippen molar-refractivity contribution < 1.29 is 4.84 Å². The molecule has 1 rings (SSSR count). The summed E-state index contributed by atoms with van der Waals surface area (Å²) >= 11 is 0. The van der Waals surface area contributed by atoms with Gasteiger partial charge in [0, 0.05) is 16.4 Å². The van der Waals surface area contributed by atoms with Gasteiger partial charge in [-0.2, -0.15) is 0 Å². The number of pyridine rings is 1. The van der Waals surface area contributed by atoms with Crippen LogP contribution < -0.4 is 5.84 Å². The molecule has 1 heterocycles. The maximum atomic E-state index is 8.19. The lowest BCUT2D eigenvalue weighted by Gasteiger charge is -2.09. The zero-order valence-electron chi connectivity index (χ0n) is 7.76. The Morgan fingerprint density at radius 3 is 3.07 bits per heavy atom. The first-order chi connectivity index (χ1) is 7.38. The minimum atomic E-state index is -0.575. The second-order valence-electron chi connectivity index (χ2n) is 2.46. The summed E-state index contributed by atoms with van der Waals surface area (Å²) in [5.41, 5.74) is 8.79. The van der Waals surface area contributed by atoms with Gasteiger partial charge in [-0.1, -0.05) is 11.2 Å². The SMILES string of the molecule is [N-]=[N+]=NCC(ON=NN)c1ccccn1. The molecule has 8 heteroatoms. The third kappa shape index (κ3) is 3.49. The summed E-state index contributed by atoms with van der Waals surface area (Å²) in [6.45, 7) is 0.0759.